The molecule has 0 radical (unpaired) electrons. The molecular formula is C24H23F6N7O4. The number of alkyl halides is 6. The number of nitrogens with one attached hydrogen (secondary N) is 1. The molecule has 0 bridgehead atoms. The molecule has 41 heavy (non-hydrogen) atoms. The summed E-state index contributed by atoms with van der Waals surface area (Å²) in [4.78, 5) is 36.0. The highest BCUT2D eigenvalue weighted by Gasteiger charge is 2.38. The number of fused-ring (bicyclic) bond motifs is 1. The van der Waals surface area contributed by atoms with Gasteiger partial charge in [-0.1, -0.05) is 0 Å². The summed E-state index contributed by atoms with van der Waals surface area (Å²) in [7, 11) is 3.59. The number of benzene rings is 1. The topological polar surface area (TPSA) is 138 Å². The number of carbonyl (C=O) groups is 1. The summed E-state index contributed by atoms with van der Waals surface area (Å²) in [6.07, 6.45) is -7.44. The van der Waals surface area contributed by atoms with E-state index >= 15 is 0 Å². The van der Waals surface area contributed by atoms with E-state index in [-0.39, 0.29) is 11.5 Å². The van der Waals surface area contributed by atoms with Crippen molar-refractivity contribution in [2.45, 2.75) is 25.2 Å². The average molecular weight is 587 g/mol. The lowest BCUT2D eigenvalue weighted by atomic mass is 10.1. The van der Waals surface area contributed by atoms with Crippen LogP contribution in [-0.2, 0) is 23.8 Å². The lowest BCUT2D eigenvalue weighted by molar-refractivity contribution is -0.384. The normalized spacial score (nSPS) is 13.3. The molecule has 1 aromatic carbocycles. The van der Waals surface area contributed by atoms with E-state index in [0.717, 1.165) is 17.3 Å². The molecule has 0 saturated carbocycles. The van der Waals surface area contributed by atoms with E-state index < -0.39 is 28.8 Å². The van der Waals surface area contributed by atoms with Gasteiger partial charge < -0.3 is 20.2 Å². The fraction of sp³-hybridized carbons (Fsp3) is 0.333. The first kappa shape index (κ1) is 30.8. The van der Waals surface area contributed by atoms with Gasteiger partial charge in [0, 0.05) is 63.2 Å². The zero-order valence-electron chi connectivity index (χ0n) is 21.5. The van der Waals surface area contributed by atoms with Gasteiger partial charge in [-0.2, -0.15) is 31.3 Å². The van der Waals surface area contributed by atoms with Crippen LogP contribution < -0.4 is 15.1 Å². The second-order valence-electron chi connectivity index (χ2n) is 8.78. The summed E-state index contributed by atoms with van der Waals surface area (Å²) >= 11 is 0. The van der Waals surface area contributed by atoms with Gasteiger partial charge >= 0.3 is 18.3 Å². The second kappa shape index (κ2) is 12.2. The van der Waals surface area contributed by atoms with E-state index in [0.29, 0.717) is 43.4 Å². The summed E-state index contributed by atoms with van der Waals surface area (Å²) in [5.41, 5.74) is 1.31. The predicted octanol–water partition coefficient (Wildman–Crippen LogP) is 4.85. The van der Waals surface area contributed by atoms with Gasteiger partial charge in [-0.05, 0) is 30.7 Å². The van der Waals surface area contributed by atoms with E-state index in [1.807, 2.05) is 0 Å². The average Bonchev–Trinajstić information content (AvgIpc) is 3.11. The molecule has 11 nitrogen and oxygen atoms in total. The Kier molecular flexibility index (Phi) is 9.19. The zero-order chi connectivity index (χ0) is 30.5. The molecule has 220 valence electrons. The zero-order valence-corrected chi connectivity index (χ0v) is 21.5. The fourth-order valence-corrected chi connectivity index (χ4v) is 3.77. The lowest BCUT2D eigenvalue weighted by Crippen LogP contribution is -2.29. The molecule has 2 N–H and O–H groups in total. The minimum Gasteiger partial charge on any atom is -0.475 e. The first-order valence-electron chi connectivity index (χ1n) is 11.7. The summed E-state index contributed by atoms with van der Waals surface area (Å²) in [6, 6.07) is 8.24. The van der Waals surface area contributed by atoms with Crippen molar-refractivity contribution < 1.29 is 41.2 Å². The van der Waals surface area contributed by atoms with Crippen molar-refractivity contribution in [1.29, 1.82) is 0 Å². The molecule has 2 aromatic heterocycles. The van der Waals surface area contributed by atoms with Crippen LogP contribution in [0.1, 0.15) is 16.8 Å². The number of aromatic nitrogens is 3. The Balaban J connectivity index is 0.000000587. The highest BCUT2D eigenvalue weighted by Crippen LogP contribution is 2.36. The van der Waals surface area contributed by atoms with Gasteiger partial charge in [0.15, 0.2) is 0 Å². The van der Waals surface area contributed by atoms with Crippen LogP contribution in [0.3, 0.4) is 0 Å². The van der Waals surface area contributed by atoms with Crippen LogP contribution in [0.4, 0.5) is 55.3 Å². The summed E-state index contributed by atoms with van der Waals surface area (Å²) < 4.78 is 72.4. The number of halogens is 6. The Bertz CT molecular complexity index is 1400. The van der Waals surface area contributed by atoms with Gasteiger partial charge in [-0.25, -0.2) is 14.8 Å². The molecule has 1 aliphatic heterocycles. The summed E-state index contributed by atoms with van der Waals surface area (Å²) in [6.45, 7) is 0.612. The Morgan fingerprint density at radius 1 is 1.05 bits per heavy atom. The number of nitrogens with zero attached hydrogens (tertiary/aromatic N) is 6. The van der Waals surface area contributed by atoms with E-state index in [9.17, 15) is 36.5 Å². The monoisotopic (exact) mass is 587 g/mol. The molecular weight excluding hydrogens is 564 g/mol. The van der Waals surface area contributed by atoms with Crippen molar-refractivity contribution in [1.82, 2.24) is 15.0 Å². The Hall–Kier alpha value is -4.70. The summed E-state index contributed by atoms with van der Waals surface area (Å²) in [5.74, 6) is -1.90. The van der Waals surface area contributed by atoms with Crippen molar-refractivity contribution in [3.8, 4) is 0 Å². The SMILES string of the molecule is CN(C)c1nc2c(c(Nc3ccc([N+](=O)[O-])cc3)n1)CCN(c1ncccc1C(F)(F)F)CC2.O=C(O)C(F)(F)F. The van der Waals surface area contributed by atoms with E-state index in [1.165, 1.54) is 24.4 Å². The molecule has 17 heteroatoms. The Morgan fingerprint density at radius 2 is 1.66 bits per heavy atom. The third kappa shape index (κ3) is 7.92. The van der Waals surface area contributed by atoms with Crippen LogP contribution in [0, 0.1) is 10.1 Å². The number of rotatable bonds is 5. The number of hydrogen-bond acceptors (Lipinski definition) is 9. The van der Waals surface area contributed by atoms with E-state index in [1.54, 1.807) is 36.0 Å². The maximum Gasteiger partial charge on any atom is 0.490 e. The molecule has 4 rings (SSSR count). The number of non-ortho nitro benzene ring substituents is 1. The number of nitro groups is 1. The van der Waals surface area contributed by atoms with Gasteiger partial charge in [0.1, 0.15) is 11.6 Å². The smallest absolute Gasteiger partial charge is 0.475 e. The van der Waals surface area contributed by atoms with Crippen LogP contribution >= 0.6 is 0 Å². The number of carboxylic acid groups (broad SMARTS) is 1. The molecule has 0 spiro atoms. The second-order valence-corrected chi connectivity index (χ2v) is 8.78. The maximum atomic E-state index is 13.5. The first-order valence-corrected chi connectivity index (χ1v) is 11.7. The quantitative estimate of drug-likeness (QED) is 0.242. The predicted molar refractivity (Wildman–Crippen MR) is 135 cm³/mol. The van der Waals surface area contributed by atoms with Crippen LogP contribution in [0.5, 0.6) is 0 Å². The minimum absolute atomic E-state index is 0.0347. The van der Waals surface area contributed by atoms with E-state index in [4.69, 9.17) is 9.90 Å². The molecule has 3 aromatic rings. The van der Waals surface area contributed by atoms with Crippen molar-refractivity contribution >= 4 is 34.9 Å². The van der Waals surface area contributed by atoms with Gasteiger partial charge in [0.25, 0.3) is 5.69 Å². The Labute approximate surface area is 228 Å². The minimum atomic E-state index is -5.08. The number of carboxylic acids is 1. The van der Waals surface area contributed by atoms with Gasteiger partial charge in [0.05, 0.1) is 16.2 Å². The Morgan fingerprint density at radius 3 is 2.20 bits per heavy atom. The number of pyridine rings is 1. The van der Waals surface area contributed by atoms with Crippen LogP contribution in [0.15, 0.2) is 42.6 Å². The third-order valence-corrected chi connectivity index (χ3v) is 5.71. The standard InChI is InChI=1S/C22H22F3N7O2.C2HF3O2/c1-30(2)21-28-18-10-13-31(20-17(22(23,24)25)4-3-11-26-20)12-9-16(18)19(29-21)27-14-5-7-15(8-6-14)32(33)34;3-2(4,5)1(6)7/h3-8,11H,9-10,12-13H2,1-2H3,(H,27,28,29);(H,6,7). The van der Waals surface area contributed by atoms with Crippen LogP contribution in [-0.4, -0.2) is 64.3 Å². The van der Waals surface area contributed by atoms with Gasteiger partial charge in [-0.3, -0.25) is 10.1 Å². The fourth-order valence-electron chi connectivity index (χ4n) is 3.77. The third-order valence-electron chi connectivity index (χ3n) is 5.71. The van der Waals surface area contributed by atoms with E-state index in [2.05, 4.69) is 20.3 Å². The summed E-state index contributed by atoms with van der Waals surface area (Å²) in [5, 5.41) is 21.3. The molecule has 1 aliphatic rings. The lowest BCUT2D eigenvalue weighted by Gasteiger charge is -2.24. The highest BCUT2D eigenvalue weighted by molar-refractivity contribution is 5.73. The first-order chi connectivity index (χ1) is 19.1. The van der Waals surface area contributed by atoms with Crippen molar-refractivity contribution in [3.05, 3.63) is 69.5 Å². The van der Waals surface area contributed by atoms with Gasteiger partial charge in [0.2, 0.25) is 5.95 Å². The molecule has 0 fully saturated rings. The molecule has 3 heterocycles. The molecule has 0 atom stereocenters. The van der Waals surface area contributed by atoms with Crippen molar-refractivity contribution in [2.24, 2.45) is 0 Å². The van der Waals surface area contributed by atoms with Crippen LogP contribution in [0.2, 0.25) is 0 Å². The molecule has 0 amide bonds. The van der Waals surface area contributed by atoms with Gasteiger partial charge in [-0.15, -0.1) is 0 Å². The molecule has 0 saturated heterocycles. The molecule has 0 aliphatic carbocycles. The number of hydrogen-bond donors (Lipinski definition) is 2. The van der Waals surface area contributed by atoms with Crippen molar-refractivity contribution in [3.63, 3.8) is 0 Å². The number of nitro benzene ring substituents is 1. The number of aliphatic carboxylic acids is 1. The number of anilines is 4. The highest BCUT2D eigenvalue weighted by atomic mass is 19.4. The molecule has 0 unspecified atom stereocenters. The van der Waals surface area contributed by atoms with Crippen molar-refractivity contribution in [2.75, 3.05) is 42.3 Å². The van der Waals surface area contributed by atoms with Crippen LogP contribution in [0.25, 0.3) is 0 Å². The largest absolute Gasteiger partial charge is 0.490 e. The maximum absolute atomic E-state index is 13.5.